The Labute approximate surface area is 144 Å². The molecule has 1 aromatic heterocycles. The molecule has 0 atom stereocenters. The summed E-state index contributed by atoms with van der Waals surface area (Å²) in [5, 5.41) is 14.8. The molecule has 2 aromatic carbocycles. The Balaban J connectivity index is 1.81. The van der Waals surface area contributed by atoms with Crippen molar-refractivity contribution in [1.29, 1.82) is 0 Å². The lowest BCUT2D eigenvalue weighted by atomic mass is 10.1. The molecule has 7 nitrogen and oxygen atoms in total. The maximum atomic E-state index is 12.3. The first-order chi connectivity index (χ1) is 12.0. The van der Waals surface area contributed by atoms with Gasteiger partial charge in [-0.2, -0.15) is 0 Å². The summed E-state index contributed by atoms with van der Waals surface area (Å²) in [7, 11) is 3.29. The van der Waals surface area contributed by atoms with Gasteiger partial charge in [-0.1, -0.05) is 18.2 Å². The van der Waals surface area contributed by atoms with Crippen LogP contribution in [0.3, 0.4) is 0 Å². The molecule has 0 aliphatic carbocycles. The van der Waals surface area contributed by atoms with Crippen molar-refractivity contribution in [1.82, 2.24) is 4.57 Å². The van der Waals surface area contributed by atoms with E-state index in [0.29, 0.717) is 5.69 Å². The van der Waals surface area contributed by atoms with Crippen LogP contribution in [0, 0.1) is 10.1 Å². The number of aryl methyl sites for hydroxylation is 1. The van der Waals surface area contributed by atoms with E-state index in [9.17, 15) is 14.9 Å². The third-order valence-corrected chi connectivity index (χ3v) is 3.99. The zero-order valence-electron chi connectivity index (χ0n) is 13.9. The minimum atomic E-state index is -0.542. The first kappa shape index (κ1) is 16.5. The van der Waals surface area contributed by atoms with E-state index in [1.54, 1.807) is 6.07 Å². The number of benzene rings is 2. The van der Waals surface area contributed by atoms with E-state index in [4.69, 9.17) is 4.74 Å². The average molecular weight is 339 g/mol. The van der Waals surface area contributed by atoms with Gasteiger partial charge in [0.15, 0.2) is 5.75 Å². The molecule has 0 bridgehead atoms. The number of para-hydroxylation sites is 1. The van der Waals surface area contributed by atoms with Crippen LogP contribution in [-0.2, 0) is 18.3 Å². The quantitative estimate of drug-likeness (QED) is 0.571. The van der Waals surface area contributed by atoms with E-state index >= 15 is 0 Å². The maximum Gasteiger partial charge on any atom is 0.312 e. The molecule has 1 amide bonds. The van der Waals surface area contributed by atoms with Crippen LogP contribution in [0.1, 0.15) is 5.56 Å². The fourth-order valence-corrected chi connectivity index (χ4v) is 2.86. The lowest BCUT2D eigenvalue weighted by Crippen LogP contribution is -2.14. The molecular weight excluding hydrogens is 322 g/mol. The lowest BCUT2D eigenvalue weighted by Gasteiger charge is -2.07. The molecule has 0 saturated carbocycles. The molecule has 0 saturated heterocycles. The number of nitrogens with one attached hydrogen (secondary N) is 1. The highest BCUT2D eigenvalue weighted by molar-refractivity contribution is 5.96. The van der Waals surface area contributed by atoms with Crippen LogP contribution in [0.4, 0.5) is 11.4 Å². The molecule has 25 heavy (non-hydrogen) atoms. The Kier molecular flexibility index (Phi) is 4.38. The summed E-state index contributed by atoms with van der Waals surface area (Å²) in [6.07, 6.45) is 2.10. The zero-order valence-corrected chi connectivity index (χ0v) is 13.9. The van der Waals surface area contributed by atoms with Crippen LogP contribution in [0.5, 0.6) is 5.75 Å². The summed E-state index contributed by atoms with van der Waals surface area (Å²) in [6, 6.07) is 12.2. The molecule has 3 aromatic rings. The van der Waals surface area contributed by atoms with E-state index in [-0.39, 0.29) is 23.8 Å². The van der Waals surface area contributed by atoms with Crippen molar-refractivity contribution in [2.24, 2.45) is 7.05 Å². The number of nitro groups is 1. The van der Waals surface area contributed by atoms with Gasteiger partial charge in [0.2, 0.25) is 5.91 Å². The number of carbonyl (C=O) groups is 1. The van der Waals surface area contributed by atoms with Crippen LogP contribution in [0.25, 0.3) is 10.9 Å². The molecule has 0 aliphatic rings. The van der Waals surface area contributed by atoms with Crippen molar-refractivity contribution in [2.75, 3.05) is 12.4 Å². The van der Waals surface area contributed by atoms with Crippen LogP contribution in [-0.4, -0.2) is 22.5 Å². The number of hydrogen-bond acceptors (Lipinski definition) is 4. The smallest absolute Gasteiger partial charge is 0.312 e. The normalized spacial score (nSPS) is 10.6. The van der Waals surface area contributed by atoms with E-state index in [1.807, 2.05) is 42.1 Å². The third-order valence-electron chi connectivity index (χ3n) is 3.99. The van der Waals surface area contributed by atoms with Gasteiger partial charge in [0.25, 0.3) is 0 Å². The molecule has 1 heterocycles. The van der Waals surface area contributed by atoms with Crippen molar-refractivity contribution in [3.8, 4) is 5.75 Å². The molecule has 0 unspecified atom stereocenters. The van der Waals surface area contributed by atoms with Crippen LogP contribution >= 0.6 is 0 Å². The highest BCUT2D eigenvalue weighted by atomic mass is 16.6. The van der Waals surface area contributed by atoms with Gasteiger partial charge in [0.05, 0.1) is 18.5 Å². The molecule has 0 fully saturated rings. The molecule has 0 aliphatic heterocycles. The molecule has 3 rings (SSSR count). The van der Waals surface area contributed by atoms with Crippen LogP contribution in [0.15, 0.2) is 48.7 Å². The number of amides is 1. The Hall–Kier alpha value is -3.35. The van der Waals surface area contributed by atoms with Crippen LogP contribution in [0.2, 0.25) is 0 Å². The van der Waals surface area contributed by atoms with Gasteiger partial charge in [-0.15, -0.1) is 0 Å². The van der Waals surface area contributed by atoms with Crippen molar-refractivity contribution in [3.63, 3.8) is 0 Å². The standard InChI is InChI=1S/C18H17N3O4/c1-20-11-12(14-5-3-4-6-15(14)20)9-18(22)19-13-7-8-17(25-2)16(10-13)21(23)24/h3-8,10-11H,9H2,1-2H3,(H,19,22). The maximum absolute atomic E-state index is 12.3. The number of fused-ring (bicyclic) bond motifs is 1. The number of hydrogen-bond donors (Lipinski definition) is 1. The van der Waals surface area contributed by atoms with Crippen molar-refractivity contribution < 1.29 is 14.5 Å². The monoisotopic (exact) mass is 339 g/mol. The van der Waals surface area contributed by atoms with Crippen molar-refractivity contribution >= 4 is 28.2 Å². The minimum absolute atomic E-state index is 0.150. The predicted octanol–water partition coefficient (Wildman–Crippen LogP) is 3.28. The van der Waals surface area contributed by atoms with E-state index in [2.05, 4.69) is 5.32 Å². The average Bonchev–Trinajstić information content (AvgIpc) is 2.91. The van der Waals surface area contributed by atoms with Gasteiger partial charge >= 0.3 is 5.69 Å². The topological polar surface area (TPSA) is 86.4 Å². The second-order valence-electron chi connectivity index (χ2n) is 5.65. The predicted molar refractivity (Wildman–Crippen MR) is 94.9 cm³/mol. The first-order valence-corrected chi connectivity index (χ1v) is 7.65. The minimum Gasteiger partial charge on any atom is -0.490 e. The summed E-state index contributed by atoms with van der Waals surface area (Å²) in [5.74, 6) is -0.0899. The molecule has 7 heteroatoms. The van der Waals surface area contributed by atoms with E-state index in [0.717, 1.165) is 16.5 Å². The summed E-state index contributed by atoms with van der Waals surface area (Å²) >= 11 is 0. The number of ether oxygens (including phenoxy) is 1. The third kappa shape index (κ3) is 3.30. The number of rotatable bonds is 5. The van der Waals surface area contributed by atoms with Crippen LogP contribution < -0.4 is 10.1 Å². The molecule has 0 radical (unpaired) electrons. The highest BCUT2D eigenvalue weighted by Crippen LogP contribution is 2.30. The lowest BCUT2D eigenvalue weighted by molar-refractivity contribution is -0.385. The number of nitro benzene ring substituents is 1. The molecule has 128 valence electrons. The number of methoxy groups -OCH3 is 1. The zero-order chi connectivity index (χ0) is 18.0. The van der Waals surface area contributed by atoms with Crippen molar-refractivity contribution in [3.05, 3.63) is 64.3 Å². The Morgan fingerprint density at radius 2 is 2.04 bits per heavy atom. The molecular formula is C18H17N3O4. The van der Waals surface area contributed by atoms with Gasteiger partial charge in [-0.05, 0) is 23.8 Å². The van der Waals surface area contributed by atoms with Gasteiger partial charge in [-0.3, -0.25) is 14.9 Å². The molecule has 0 spiro atoms. The van der Waals surface area contributed by atoms with Crippen molar-refractivity contribution in [2.45, 2.75) is 6.42 Å². The summed E-state index contributed by atoms with van der Waals surface area (Å²) in [5.41, 5.74) is 2.12. The SMILES string of the molecule is COc1ccc(NC(=O)Cc2cn(C)c3ccccc23)cc1[N+](=O)[O-]. The van der Waals surface area contributed by atoms with Gasteiger partial charge in [-0.25, -0.2) is 0 Å². The van der Waals surface area contributed by atoms with E-state index < -0.39 is 4.92 Å². The summed E-state index contributed by atoms with van der Waals surface area (Å²) in [6.45, 7) is 0. The van der Waals surface area contributed by atoms with Gasteiger partial charge in [0.1, 0.15) is 0 Å². The summed E-state index contributed by atoms with van der Waals surface area (Å²) in [4.78, 5) is 22.9. The molecule has 1 N–H and O–H groups in total. The second-order valence-corrected chi connectivity index (χ2v) is 5.65. The Bertz CT molecular complexity index is 962. The van der Waals surface area contributed by atoms with Gasteiger partial charge < -0.3 is 14.6 Å². The highest BCUT2D eigenvalue weighted by Gasteiger charge is 2.17. The van der Waals surface area contributed by atoms with Gasteiger partial charge in [0, 0.05) is 35.9 Å². The Morgan fingerprint density at radius 3 is 2.76 bits per heavy atom. The fourth-order valence-electron chi connectivity index (χ4n) is 2.86. The second kappa shape index (κ2) is 6.64. The first-order valence-electron chi connectivity index (χ1n) is 7.65. The Morgan fingerprint density at radius 1 is 1.28 bits per heavy atom. The number of anilines is 1. The largest absolute Gasteiger partial charge is 0.490 e. The fraction of sp³-hybridized carbons (Fsp3) is 0.167. The summed E-state index contributed by atoms with van der Waals surface area (Å²) < 4.78 is 6.92. The number of carbonyl (C=O) groups excluding carboxylic acids is 1. The van der Waals surface area contributed by atoms with E-state index in [1.165, 1.54) is 19.2 Å². The number of aromatic nitrogens is 1. The number of nitrogens with zero attached hydrogens (tertiary/aromatic N) is 2.